The SMILES string of the molecule is CCS(=O)(=O)CCCOc1ccc(S(N)(=O)=O)cc1F. The molecule has 0 aliphatic rings. The molecule has 0 amide bonds. The molecule has 0 heterocycles. The summed E-state index contributed by atoms with van der Waals surface area (Å²) in [5, 5.41) is 4.86. The van der Waals surface area contributed by atoms with Crippen molar-refractivity contribution in [3.63, 3.8) is 0 Å². The quantitative estimate of drug-likeness (QED) is 0.742. The van der Waals surface area contributed by atoms with E-state index in [1.54, 1.807) is 6.92 Å². The molecule has 20 heavy (non-hydrogen) atoms. The van der Waals surface area contributed by atoms with Gasteiger partial charge >= 0.3 is 0 Å². The number of halogens is 1. The number of ether oxygens (including phenoxy) is 1. The molecular formula is C11H16FNO5S2. The van der Waals surface area contributed by atoms with Crippen LogP contribution in [0, 0.1) is 5.82 Å². The molecular weight excluding hydrogens is 309 g/mol. The Morgan fingerprint density at radius 1 is 1.25 bits per heavy atom. The molecule has 0 radical (unpaired) electrons. The van der Waals surface area contributed by atoms with E-state index < -0.39 is 25.7 Å². The van der Waals surface area contributed by atoms with E-state index in [0.29, 0.717) is 0 Å². The second-order valence-electron chi connectivity index (χ2n) is 4.08. The van der Waals surface area contributed by atoms with Crippen molar-refractivity contribution in [3.05, 3.63) is 24.0 Å². The first-order valence-electron chi connectivity index (χ1n) is 5.81. The van der Waals surface area contributed by atoms with Gasteiger partial charge in [0.15, 0.2) is 11.6 Å². The Morgan fingerprint density at radius 2 is 1.90 bits per heavy atom. The number of rotatable bonds is 7. The van der Waals surface area contributed by atoms with Crippen LogP contribution in [0.4, 0.5) is 4.39 Å². The summed E-state index contributed by atoms with van der Waals surface area (Å²) in [6.45, 7) is 1.56. The molecule has 1 rings (SSSR count). The van der Waals surface area contributed by atoms with Gasteiger partial charge in [0, 0.05) is 5.75 Å². The smallest absolute Gasteiger partial charge is 0.238 e. The number of hydrogen-bond acceptors (Lipinski definition) is 5. The van der Waals surface area contributed by atoms with Gasteiger partial charge in [-0.25, -0.2) is 26.4 Å². The summed E-state index contributed by atoms with van der Waals surface area (Å²) in [5.41, 5.74) is 0. The molecule has 6 nitrogen and oxygen atoms in total. The van der Waals surface area contributed by atoms with Gasteiger partial charge in [-0.2, -0.15) is 0 Å². The van der Waals surface area contributed by atoms with Crippen molar-refractivity contribution >= 4 is 19.9 Å². The van der Waals surface area contributed by atoms with E-state index >= 15 is 0 Å². The van der Waals surface area contributed by atoms with Gasteiger partial charge in [-0.15, -0.1) is 0 Å². The van der Waals surface area contributed by atoms with Crippen molar-refractivity contribution in [1.29, 1.82) is 0 Å². The van der Waals surface area contributed by atoms with Gasteiger partial charge in [0.05, 0.1) is 17.3 Å². The molecule has 0 unspecified atom stereocenters. The maximum atomic E-state index is 13.5. The van der Waals surface area contributed by atoms with Gasteiger partial charge in [-0.3, -0.25) is 0 Å². The molecule has 114 valence electrons. The van der Waals surface area contributed by atoms with E-state index in [4.69, 9.17) is 9.88 Å². The Bertz CT molecular complexity index is 670. The maximum absolute atomic E-state index is 13.5. The summed E-state index contributed by atoms with van der Waals surface area (Å²) in [5.74, 6) is -1.01. The number of primary sulfonamides is 1. The summed E-state index contributed by atoms with van der Waals surface area (Å²) in [7, 11) is -7.04. The van der Waals surface area contributed by atoms with E-state index in [1.165, 1.54) is 0 Å². The molecule has 0 aliphatic carbocycles. The Hall–Kier alpha value is -1.19. The minimum Gasteiger partial charge on any atom is -0.490 e. The third kappa shape index (κ3) is 5.06. The predicted octanol–water partition coefficient (Wildman–Crippen LogP) is 0.677. The van der Waals surface area contributed by atoms with Crippen LogP contribution >= 0.6 is 0 Å². The first-order chi connectivity index (χ1) is 9.15. The topological polar surface area (TPSA) is 104 Å². The summed E-state index contributed by atoms with van der Waals surface area (Å²) in [4.78, 5) is -0.351. The molecule has 0 bridgehead atoms. The second-order valence-corrected chi connectivity index (χ2v) is 8.11. The zero-order valence-corrected chi connectivity index (χ0v) is 12.5. The largest absolute Gasteiger partial charge is 0.490 e. The Kier molecular flexibility index (Phi) is 5.49. The monoisotopic (exact) mass is 325 g/mol. The van der Waals surface area contributed by atoms with Gasteiger partial charge in [0.25, 0.3) is 0 Å². The molecule has 0 saturated heterocycles. The molecule has 0 saturated carbocycles. The van der Waals surface area contributed by atoms with E-state index in [9.17, 15) is 21.2 Å². The fourth-order valence-electron chi connectivity index (χ4n) is 1.38. The summed E-state index contributed by atoms with van der Waals surface area (Å²) in [6, 6.07) is 3.02. The highest BCUT2D eigenvalue weighted by atomic mass is 32.2. The highest BCUT2D eigenvalue weighted by Crippen LogP contribution is 2.20. The minimum absolute atomic E-state index is 0.0187. The van der Waals surface area contributed by atoms with Gasteiger partial charge in [-0.1, -0.05) is 6.92 Å². The molecule has 1 aromatic rings. The van der Waals surface area contributed by atoms with E-state index in [-0.39, 0.29) is 35.2 Å². The Morgan fingerprint density at radius 3 is 2.40 bits per heavy atom. The molecule has 2 N–H and O–H groups in total. The van der Waals surface area contributed by atoms with Crippen LogP contribution in [0.5, 0.6) is 5.75 Å². The molecule has 9 heteroatoms. The average molecular weight is 325 g/mol. The predicted molar refractivity (Wildman–Crippen MR) is 72.2 cm³/mol. The van der Waals surface area contributed by atoms with Gasteiger partial charge in [0.2, 0.25) is 10.0 Å². The lowest BCUT2D eigenvalue weighted by Crippen LogP contribution is -2.13. The van der Waals surface area contributed by atoms with Crippen molar-refractivity contribution in [2.45, 2.75) is 18.2 Å². The number of hydrogen-bond donors (Lipinski definition) is 1. The summed E-state index contributed by atoms with van der Waals surface area (Å²) >= 11 is 0. The number of nitrogens with two attached hydrogens (primary N) is 1. The molecule has 1 aromatic carbocycles. The first-order valence-corrected chi connectivity index (χ1v) is 9.18. The van der Waals surface area contributed by atoms with Crippen molar-refractivity contribution in [1.82, 2.24) is 0 Å². The minimum atomic E-state index is -3.96. The number of sulfone groups is 1. The van der Waals surface area contributed by atoms with Crippen LogP contribution in [0.3, 0.4) is 0 Å². The summed E-state index contributed by atoms with van der Waals surface area (Å²) in [6.07, 6.45) is 0.229. The second kappa shape index (κ2) is 6.51. The third-order valence-electron chi connectivity index (χ3n) is 2.53. The van der Waals surface area contributed by atoms with Crippen molar-refractivity contribution in [2.24, 2.45) is 5.14 Å². The fourth-order valence-corrected chi connectivity index (χ4v) is 2.75. The Labute approximate surface area is 117 Å². The highest BCUT2D eigenvalue weighted by Gasteiger charge is 2.13. The van der Waals surface area contributed by atoms with Gasteiger partial charge < -0.3 is 4.74 Å². The van der Waals surface area contributed by atoms with Crippen molar-refractivity contribution in [2.75, 3.05) is 18.1 Å². The van der Waals surface area contributed by atoms with Crippen LogP contribution < -0.4 is 9.88 Å². The normalized spacial score (nSPS) is 12.3. The van der Waals surface area contributed by atoms with Crippen LogP contribution in [0.1, 0.15) is 13.3 Å². The fraction of sp³-hybridized carbons (Fsp3) is 0.455. The van der Waals surface area contributed by atoms with Crippen LogP contribution in [-0.4, -0.2) is 34.9 Å². The van der Waals surface area contributed by atoms with Crippen molar-refractivity contribution < 1.29 is 26.0 Å². The van der Waals surface area contributed by atoms with E-state index in [2.05, 4.69) is 0 Å². The standard InChI is InChI=1S/C11H16FNO5S2/c1-2-19(14,15)7-3-6-18-11-5-4-9(8-10(11)12)20(13,16)17/h4-5,8H,2-3,6-7H2,1H3,(H2,13,16,17). The Balaban J connectivity index is 2.62. The molecule has 0 fully saturated rings. The highest BCUT2D eigenvalue weighted by molar-refractivity contribution is 7.91. The lowest BCUT2D eigenvalue weighted by molar-refractivity contribution is 0.301. The van der Waals surface area contributed by atoms with E-state index in [0.717, 1.165) is 18.2 Å². The third-order valence-corrected chi connectivity index (χ3v) is 5.23. The summed E-state index contributed by atoms with van der Waals surface area (Å²) < 4.78 is 63.1. The zero-order valence-electron chi connectivity index (χ0n) is 10.9. The molecule has 0 spiro atoms. The number of sulfonamides is 1. The van der Waals surface area contributed by atoms with Gasteiger partial charge in [0.1, 0.15) is 9.84 Å². The van der Waals surface area contributed by atoms with E-state index in [1.807, 2.05) is 0 Å². The maximum Gasteiger partial charge on any atom is 0.238 e. The molecule has 0 atom stereocenters. The number of benzene rings is 1. The lowest BCUT2D eigenvalue weighted by atomic mass is 10.3. The zero-order chi connectivity index (χ0) is 15.4. The molecule has 0 aliphatic heterocycles. The van der Waals surface area contributed by atoms with Crippen LogP contribution in [0.15, 0.2) is 23.1 Å². The lowest BCUT2D eigenvalue weighted by Gasteiger charge is -2.08. The molecule has 0 aromatic heterocycles. The van der Waals surface area contributed by atoms with Crippen molar-refractivity contribution in [3.8, 4) is 5.75 Å². The van der Waals surface area contributed by atoms with Crippen LogP contribution in [-0.2, 0) is 19.9 Å². The average Bonchev–Trinajstić information content (AvgIpc) is 2.35. The van der Waals surface area contributed by atoms with Crippen LogP contribution in [0.25, 0.3) is 0 Å². The van der Waals surface area contributed by atoms with Crippen LogP contribution in [0.2, 0.25) is 0 Å². The first kappa shape index (κ1) is 16.9. The van der Waals surface area contributed by atoms with Gasteiger partial charge in [-0.05, 0) is 24.6 Å².